The van der Waals surface area contributed by atoms with Crippen LogP contribution in [0.1, 0.15) is 42.2 Å². The number of anilines is 1. The van der Waals surface area contributed by atoms with E-state index in [1.165, 1.54) is 11.3 Å². The average molecular weight is 257 g/mol. The van der Waals surface area contributed by atoms with Crippen LogP contribution < -0.4 is 10.6 Å². The van der Waals surface area contributed by atoms with Crippen LogP contribution in [0.25, 0.3) is 0 Å². The fraction of sp³-hybridized carbons (Fsp3) is 0.667. The van der Waals surface area contributed by atoms with E-state index in [9.17, 15) is 4.79 Å². The van der Waals surface area contributed by atoms with Gasteiger partial charge in [0, 0.05) is 13.6 Å². The molecule has 2 heterocycles. The van der Waals surface area contributed by atoms with E-state index in [1.807, 2.05) is 5.38 Å². The lowest BCUT2D eigenvalue weighted by Gasteiger charge is -2.14. The predicted octanol–water partition coefficient (Wildman–Crippen LogP) is 2.62. The molecule has 0 aromatic carbocycles. The Morgan fingerprint density at radius 1 is 1.65 bits per heavy atom. The minimum absolute atomic E-state index is 0. The van der Waals surface area contributed by atoms with Gasteiger partial charge in [0.15, 0.2) is 5.13 Å². The molecule has 17 heavy (non-hydrogen) atoms. The first-order valence-corrected chi connectivity index (χ1v) is 6.85. The second-order valence-electron chi connectivity index (χ2n) is 5.43. The van der Waals surface area contributed by atoms with Crippen molar-refractivity contribution in [3.05, 3.63) is 11.1 Å². The zero-order valence-corrected chi connectivity index (χ0v) is 11.4. The van der Waals surface area contributed by atoms with Gasteiger partial charge in [0.2, 0.25) is 5.91 Å². The van der Waals surface area contributed by atoms with E-state index in [4.69, 9.17) is 0 Å². The molecule has 0 saturated carbocycles. The molecule has 1 aromatic rings. The highest BCUT2D eigenvalue weighted by atomic mass is 32.1. The van der Waals surface area contributed by atoms with Crippen LogP contribution >= 0.6 is 11.3 Å². The number of rotatable bonds is 2. The fourth-order valence-electron chi connectivity index (χ4n) is 1.78. The standard InChI is InChI=1S/C12H19N3OS.2H2/c1-12(2,3)9-7-17-11(14-9)15-10(16)8-5-4-6-13-8;;/h7-8,13H,4-6H2,1-3H3,(H,14,15,16);2*1H/t8-;;/m0../s1. The normalized spacial score (nSPS) is 20.5. The number of aromatic nitrogens is 1. The number of nitrogens with zero attached hydrogens (tertiary/aromatic N) is 1. The van der Waals surface area contributed by atoms with E-state index in [2.05, 4.69) is 36.4 Å². The summed E-state index contributed by atoms with van der Waals surface area (Å²) in [6.45, 7) is 7.29. The molecule has 1 amide bonds. The van der Waals surface area contributed by atoms with Crippen molar-refractivity contribution < 1.29 is 7.65 Å². The maximum Gasteiger partial charge on any atom is 0.243 e. The molecule has 1 fully saturated rings. The monoisotopic (exact) mass is 257 g/mol. The lowest BCUT2D eigenvalue weighted by molar-refractivity contribution is -0.117. The Kier molecular flexibility index (Phi) is 3.49. The minimum atomic E-state index is -0.0445. The maximum absolute atomic E-state index is 11.9. The van der Waals surface area contributed by atoms with Gasteiger partial charge in [-0.3, -0.25) is 4.79 Å². The van der Waals surface area contributed by atoms with Crippen LogP contribution in [0.3, 0.4) is 0 Å². The van der Waals surface area contributed by atoms with Gasteiger partial charge in [-0.05, 0) is 19.4 Å². The van der Waals surface area contributed by atoms with Crippen LogP contribution in [0.4, 0.5) is 5.13 Å². The van der Waals surface area contributed by atoms with Crippen LogP contribution in [0, 0.1) is 0 Å². The highest BCUT2D eigenvalue weighted by molar-refractivity contribution is 7.13. The third-order valence-electron chi connectivity index (χ3n) is 2.88. The SMILES string of the molecule is CC(C)(C)c1csc(NC(=O)[C@@H]2CCCN2)n1.[HH].[HH]. The lowest BCUT2D eigenvalue weighted by atomic mass is 9.93. The Hall–Kier alpha value is -0.940. The van der Waals surface area contributed by atoms with E-state index in [0.717, 1.165) is 25.1 Å². The van der Waals surface area contributed by atoms with E-state index in [-0.39, 0.29) is 20.2 Å². The van der Waals surface area contributed by atoms with Gasteiger partial charge in [0.05, 0.1) is 11.7 Å². The van der Waals surface area contributed by atoms with E-state index >= 15 is 0 Å². The highest BCUT2D eigenvalue weighted by Gasteiger charge is 2.23. The molecular formula is C12H23N3OS. The minimum Gasteiger partial charge on any atom is -0.306 e. The van der Waals surface area contributed by atoms with Crippen molar-refractivity contribution in [3.8, 4) is 0 Å². The molecule has 0 aliphatic carbocycles. The number of carbonyl (C=O) groups excluding carboxylic acids is 1. The predicted molar refractivity (Wildman–Crippen MR) is 74.7 cm³/mol. The van der Waals surface area contributed by atoms with Crippen molar-refractivity contribution in [2.45, 2.75) is 45.1 Å². The van der Waals surface area contributed by atoms with Gasteiger partial charge in [-0.15, -0.1) is 11.3 Å². The molecule has 2 N–H and O–H groups in total. The van der Waals surface area contributed by atoms with Crippen LogP contribution in [0.15, 0.2) is 5.38 Å². The Morgan fingerprint density at radius 2 is 2.41 bits per heavy atom. The number of carbonyl (C=O) groups is 1. The van der Waals surface area contributed by atoms with Crippen LogP contribution in [-0.4, -0.2) is 23.5 Å². The van der Waals surface area contributed by atoms with Crippen molar-refractivity contribution >= 4 is 22.4 Å². The van der Waals surface area contributed by atoms with Crippen molar-refractivity contribution in [1.82, 2.24) is 10.3 Å². The third-order valence-corrected chi connectivity index (χ3v) is 3.64. The molecule has 1 aliphatic heterocycles. The summed E-state index contributed by atoms with van der Waals surface area (Å²) in [6.07, 6.45) is 1.99. The second-order valence-corrected chi connectivity index (χ2v) is 6.28. The lowest BCUT2D eigenvalue weighted by Crippen LogP contribution is -2.35. The van der Waals surface area contributed by atoms with Gasteiger partial charge in [0.1, 0.15) is 0 Å². The quantitative estimate of drug-likeness (QED) is 0.856. The van der Waals surface area contributed by atoms with Crippen molar-refractivity contribution in [2.24, 2.45) is 0 Å². The Morgan fingerprint density at radius 3 is 2.94 bits per heavy atom. The van der Waals surface area contributed by atoms with Gasteiger partial charge in [-0.1, -0.05) is 20.8 Å². The van der Waals surface area contributed by atoms with Gasteiger partial charge in [-0.25, -0.2) is 4.98 Å². The van der Waals surface area contributed by atoms with Gasteiger partial charge in [0.25, 0.3) is 0 Å². The molecule has 1 atom stereocenters. The first-order chi connectivity index (χ1) is 7.97. The van der Waals surface area contributed by atoms with Crippen molar-refractivity contribution in [3.63, 3.8) is 0 Å². The molecule has 1 aromatic heterocycles. The molecule has 2 rings (SSSR count). The van der Waals surface area contributed by atoms with Gasteiger partial charge >= 0.3 is 0 Å². The van der Waals surface area contributed by atoms with E-state index in [1.54, 1.807) is 0 Å². The molecule has 0 unspecified atom stereocenters. The van der Waals surface area contributed by atoms with Crippen molar-refractivity contribution in [2.75, 3.05) is 11.9 Å². The number of thiazole rings is 1. The Labute approximate surface area is 109 Å². The van der Waals surface area contributed by atoms with Crippen LogP contribution in [-0.2, 0) is 10.2 Å². The Balaban J connectivity index is 0.00000162. The first-order valence-electron chi connectivity index (χ1n) is 5.97. The summed E-state index contributed by atoms with van der Waals surface area (Å²) < 4.78 is 0. The number of amides is 1. The molecule has 4 nitrogen and oxygen atoms in total. The van der Waals surface area contributed by atoms with E-state index < -0.39 is 0 Å². The summed E-state index contributed by atoms with van der Waals surface area (Å²) in [5, 5.41) is 8.77. The molecule has 5 heteroatoms. The largest absolute Gasteiger partial charge is 0.306 e. The highest BCUT2D eigenvalue weighted by Crippen LogP contribution is 2.26. The summed E-state index contributed by atoms with van der Waals surface area (Å²) in [7, 11) is 0. The molecule has 0 spiro atoms. The molecule has 0 radical (unpaired) electrons. The fourth-order valence-corrected chi connectivity index (χ4v) is 2.72. The van der Waals surface area contributed by atoms with Gasteiger partial charge in [-0.2, -0.15) is 0 Å². The Bertz CT molecular complexity index is 411. The molecule has 1 saturated heterocycles. The first kappa shape index (κ1) is 12.5. The maximum atomic E-state index is 11.9. The van der Waals surface area contributed by atoms with Gasteiger partial charge < -0.3 is 10.6 Å². The number of nitrogens with one attached hydrogen (secondary N) is 2. The average Bonchev–Trinajstić information content (AvgIpc) is 2.85. The summed E-state index contributed by atoms with van der Waals surface area (Å²) in [5.41, 5.74) is 1.06. The number of hydrogen-bond donors (Lipinski definition) is 2. The molecule has 1 aliphatic rings. The zero-order chi connectivity index (χ0) is 12.5. The van der Waals surface area contributed by atoms with Crippen LogP contribution in [0.2, 0.25) is 0 Å². The smallest absolute Gasteiger partial charge is 0.243 e. The second kappa shape index (κ2) is 4.74. The van der Waals surface area contributed by atoms with Crippen LogP contribution in [0.5, 0.6) is 0 Å². The summed E-state index contributed by atoms with van der Waals surface area (Å²) in [6, 6.07) is -0.0445. The van der Waals surface area contributed by atoms with Crippen molar-refractivity contribution in [1.29, 1.82) is 0 Å². The summed E-state index contributed by atoms with van der Waals surface area (Å²) in [4.78, 5) is 16.3. The molecular weight excluding hydrogens is 234 g/mol. The summed E-state index contributed by atoms with van der Waals surface area (Å²) in [5.74, 6) is 0.0392. The zero-order valence-electron chi connectivity index (χ0n) is 10.5. The summed E-state index contributed by atoms with van der Waals surface area (Å²) >= 11 is 1.49. The third kappa shape index (κ3) is 3.04. The number of hydrogen-bond acceptors (Lipinski definition) is 4. The molecule has 98 valence electrons. The topological polar surface area (TPSA) is 54.0 Å². The molecule has 0 bridgehead atoms. The van der Waals surface area contributed by atoms with E-state index in [0.29, 0.717) is 5.13 Å².